The van der Waals surface area contributed by atoms with Crippen molar-refractivity contribution in [1.29, 1.82) is 0 Å². The molecule has 1 aliphatic rings. The van der Waals surface area contributed by atoms with Crippen molar-refractivity contribution >= 4 is 21.9 Å². The van der Waals surface area contributed by atoms with Gasteiger partial charge in [-0.2, -0.15) is 0 Å². The second-order valence-electron chi connectivity index (χ2n) is 5.99. The van der Waals surface area contributed by atoms with Crippen molar-refractivity contribution in [2.45, 2.75) is 23.8 Å². The first-order valence-electron chi connectivity index (χ1n) is 8.03. The second-order valence-corrected chi connectivity index (χ2v) is 7.55. The number of rotatable bonds is 5. The van der Waals surface area contributed by atoms with Crippen LogP contribution in [0, 0.1) is 0 Å². The molecule has 136 valence electrons. The van der Waals surface area contributed by atoms with Gasteiger partial charge in [0.05, 0.1) is 10.5 Å². The number of ether oxygens (including phenoxy) is 1. The average Bonchev–Trinajstić information content (AvgIpc) is 2.61. The van der Waals surface area contributed by atoms with Crippen molar-refractivity contribution in [2.75, 3.05) is 6.54 Å². The van der Waals surface area contributed by atoms with Gasteiger partial charge in [-0.25, -0.2) is 18.4 Å². The second kappa shape index (κ2) is 7.27. The van der Waals surface area contributed by atoms with Gasteiger partial charge in [0, 0.05) is 13.0 Å². The van der Waals surface area contributed by atoms with Crippen LogP contribution in [0.2, 0.25) is 0 Å². The number of primary sulfonamides is 1. The third-order valence-electron chi connectivity index (χ3n) is 4.15. The van der Waals surface area contributed by atoms with Crippen LogP contribution in [-0.4, -0.2) is 32.9 Å². The first-order chi connectivity index (χ1) is 12.3. The molecule has 0 saturated heterocycles. The van der Waals surface area contributed by atoms with Gasteiger partial charge in [-0.1, -0.05) is 30.3 Å². The SMILES string of the molecule is NS(=O)(=O)c1ccc(CCNC(=O)C2Cc3ccccc3C(=O)O2)cc1. The Morgan fingerprint density at radius 3 is 2.54 bits per heavy atom. The maximum absolute atomic E-state index is 12.2. The number of sulfonamides is 1. The summed E-state index contributed by atoms with van der Waals surface area (Å²) in [6.45, 7) is 0.337. The van der Waals surface area contributed by atoms with Crippen LogP contribution in [-0.2, 0) is 32.4 Å². The topological polar surface area (TPSA) is 116 Å². The van der Waals surface area contributed by atoms with Gasteiger partial charge in [0.15, 0.2) is 6.10 Å². The Labute approximate surface area is 151 Å². The summed E-state index contributed by atoms with van der Waals surface area (Å²) in [4.78, 5) is 24.2. The molecule has 0 aliphatic carbocycles. The van der Waals surface area contributed by atoms with Gasteiger partial charge in [-0.15, -0.1) is 0 Å². The Hall–Kier alpha value is -2.71. The van der Waals surface area contributed by atoms with E-state index in [1.165, 1.54) is 12.1 Å². The number of nitrogens with one attached hydrogen (secondary N) is 1. The number of carbonyl (C=O) groups excluding carboxylic acids is 2. The lowest BCUT2D eigenvalue weighted by Crippen LogP contribution is -2.42. The Balaban J connectivity index is 1.54. The molecule has 1 heterocycles. The predicted octanol–water partition coefficient (Wildman–Crippen LogP) is 0.774. The summed E-state index contributed by atoms with van der Waals surface area (Å²) in [5, 5.41) is 7.79. The van der Waals surface area contributed by atoms with Crippen LogP contribution in [0.4, 0.5) is 0 Å². The number of hydrogen-bond donors (Lipinski definition) is 2. The minimum Gasteiger partial charge on any atom is -0.448 e. The molecule has 0 radical (unpaired) electrons. The fraction of sp³-hybridized carbons (Fsp3) is 0.222. The van der Waals surface area contributed by atoms with Gasteiger partial charge in [0.25, 0.3) is 5.91 Å². The van der Waals surface area contributed by atoms with Gasteiger partial charge < -0.3 is 10.1 Å². The van der Waals surface area contributed by atoms with Crippen LogP contribution in [0.15, 0.2) is 53.4 Å². The highest BCUT2D eigenvalue weighted by Crippen LogP contribution is 2.20. The average molecular weight is 374 g/mol. The van der Waals surface area contributed by atoms with E-state index in [-0.39, 0.29) is 10.8 Å². The molecule has 3 rings (SSSR count). The summed E-state index contributed by atoms with van der Waals surface area (Å²) in [6, 6.07) is 13.2. The van der Waals surface area contributed by atoms with E-state index in [0.29, 0.717) is 24.9 Å². The Bertz CT molecular complexity index is 938. The lowest BCUT2D eigenvalue weighted by Gasteiger charge is -2.23. The lowest BCUT2D eigenvalue weighted by atomic mass is 9.98. The van der Waals surface area contributed by atoms with Crippen LogP contribution in [0.25, 0.3) is 0 Å². The van der Waals surface area contributed by atoms with E-state index >= 15 is 0 Å². The van der Waals surface area contributed by atoms with Crippen molar-refractivity contribution in [1.82, 2.24) is 5.32 Å². The van der Waals surface area contributed by atoms with Crippen molar-refractivity contribution in [3.05, 3.63) is 65.2 Å². The number of nitrogens with two attached hydrogens (primary N) is 1. The Morgan fingerprint density at radius 2 is 1.85 bits per heavy atom. The van der Waals surface area contributed by atoms with Crippen LogP contribution in [0.3, 0.4) is 0 Å². The highest BCUT2D eigenvalue weighted by molar-refractivity contribution is 7.89. The van der Waals surface area contributed by atoms with Gasteiger partial charge in [-0.3, -0.25) is 4.79 Å². The van der Waals surface area contributed by atoms with Crippen LogP contribution >= 0.6 is 0 Å². The van der Waals surface area contributed by atoms with Crippen molar-refractivity contribution < 1.29 is 22.7 Å². The zero-order valence-corrected chi connectivity index (χ0v) is 14.7. The van der Waals surface area contributed by atoms with E-state index in [4.69, 9.17) is 9.88 Å². The molecule has 0 bridgehead atoms. The van der Waals surface area contributed by atoms with Crippen molar-refractivity contribution in [2.24, 2.45) is 5.14 Å². The molecule has 2 aromatic carbocycles. The molecule has 1 atom stereocenters. The highest BCUT2D eigenvalue weighted by atomic mass is 32.2. The number of carbonyl (C=O) groups is 2. The van der Waals surface area contributed by atoms with E-state index in [1.54, 1.807) is 24.3 Å². The third kappa shape index (κ3) is 4.09. The minimum absolute atomic E-state index is 0.0399. The molecule has 26 heavy (non-hydrogen) atoms. The predicted molar refractivity (Wildman–Crippen MR) is 93.9 cm³/mol. The molecule has 3 N–H and O–H groups in total. The summed E-state index contributed by atoms with van der Waals surface area (Å²) >= 11 is 0. The number of cyclic esters (lactones) is 1. The first kappa shape index (κ1) is 18.1. The maximum Gasteiger partial charge on any atom is 0.339 e. The largest absolute Gasteiger partial charge is 0.448 e. The van der Waals surface area contributed by atoms with E-state index in [1.807, 2.05) is 12.1 Å². The highest BCUT2D eigenvalue weighted by Gasteiger charge is 2.30. The molecule has 2 aromatic rings. The van der Waals surface area contributed by atoms with E-state index < -0.39 is 22.1 Å². The molecular formula is C18H18N2O5S. The first-order valence-corrected chi connectivity index (χ1v) is 9.57. The number of esters is 1. The molecule has 1 aliphatic heterocycles. The van der Waals surface area contributed by atoms with E-state index in [0.717, 1.165) is 11.1 Å². The molecule has 7 nitrogen and oxygen atoms in total. The smallest absolute Gasteiger partial charge is 0.339 e. The molecule has 0 spiro atoms. The molecule has 0 aromatic heterocycles. The van der Waals surface area contributed by atoms with Gasteiger partial charge in [0.1, 0.15) is 0 Å². The van der Waals surface area contributed by atoms with Gasteiger partial charge in [0.2, 0.25) is 10.0 Å². The molecular weight excluding hydrogens is 356 g/mol. The quantitative estimate of drug-likeness (QED) is 0.750. The fourth-order valence-corrected chi connectivity index (χ4v) is 3.28. The number of fused-ring (bicyclic) bond motifs is 1. The van der Waals surface area contributed by atoms with E-state index in [9.17, 15) is 18.0 Å². The molecule has 1 unspecified atom stereocenters. The zero-order valence-electron chi connectivity index (χ0n) is 13.8. The number of benzene rings is 2. The number of hydrogen-bond acceptors (Lipinski definition) is 5. The summed E-state index contributed by atoms with van der Waals surface area (Å²) in [6.07, 6.45) is 0.00666. The molecule has 1 amide bonds. The normalized spacial score (nSPS) is 16.5. The molecule has 8 heteroatoms. The summed E-state index contributed by atoms with van der Waals surface area (Å²) in [5.74, 6) is -0.848. The third-order valence-corrected chi connectivity index (χ3v) is 5.08. The van der Waals surface area contributed by atoms with Crippen LogP contribution in [0.5, 0.6) is 0 Å². The standard InChI is InChI=1S/C18H18N2O5S/c19-26(23,24)14-7-5-12(6-8-14)9-10-20-17(21)16-11-13-3-1-2-4-15(13)18(22)25-16/h1-8,16H,9-11H2,(H,20,21)(H2,19,23,24). The summed E-state index contributed by atoms with van der Waals surface area (Å²) in [7, 11) is -3.72. The number of amides is 1. The maximum atomic E-state index is 12.2. The fourth-order valence-electron chi connectivity index (χ4n) is 2.77. The van der Waals surface area contributed by atoms with Crippen molar-refractivity contribution in [3.8, 4) is 0 Å². The monoisotopic (exact) mass is 374 g/mol. The Morgan fingerprint density at radius 1 is 1.15 bits per heavy atom. The summed E-state index contributed by atoms with van der Waals surface area (Å²) in [5.41, 5.74) is 2.14. The minimum atomic E-state index is -3.72. The zero-order chi connectivity index (χ0) is 18.7. The molecule has 0 saturated carbocycles. The van der Waals surface area contributed by atoms with Crippen LogP contribution < -0.4 is 10.5 Å². The van der Waals surface area contributed by atoms with Crippen molar-refractivity contribution in [3.63, 3.8) is 0 Å². The van der Waals surface area contributed by atoms with Gasteiger partial charge in [-0.05, 0) is 35.7 Å². The summed E-state index contributed by atoms with van der Waals surface area (Å²) < 4.78 is 27.6. The molecule has 0 fully saturated rings. The van der Waals surface area contributed by atoms with Gasteiger partial charge >= 0.3 is 5.97 Å². The van der Waals surface area contributed by atoms with Crippen LogP contribution in [0.1, 0.15) is 21.5 Å². The lowest BCUT2D eigenvalue weighted by molar-refractivity contribution is -0.130. The Kier molecular flexibility index (Phi) is 5.06. The van der Waals surface area contributed by atoms with E-state index in [2.05, 4.69) is 5.32 Å².